The lowest BCUT2D eigenvalue weighted by molar-refractivity contribution is -0.131. The van der Waals surface area contributed by atoms with Crippen LogP contribution in [0.1, 0.15) is 12.8 Å². The van der Waals surface area contributed by atoms with Crippen molar-refractivity contribution < 1.29 is 37.4 Å². The largest absolute Gasteiger partial charge is 0.454 e. The van der Waals surface area contributed by atoms with Crippen LogP contribution in [0.3, 0.4) is 0 Å². The molecular weight excluding hydrogens is 531 g/mol. The Labute approximate surface area is 226 Å². The number of pyridine rings is 1. The van der Waals surface area contributed by atoms with E-state index >= 15 is 0 Å². The van der Waals surface area contributed by atoms with E-state index in [1.165, 1.54) is 47.3 Å². The Kier molecular flexibility index (Phi) is 7.06. The predicted molar refractivity (Wildman–Crippen MR) is 137 cm³/mol. The van der Waals surface area contributed by atoms with Gasteiger partial charge in [-0.1, -0.05) is 0 Å². The summed E-state index contributed by atoms with van der Waals surface area (Å²) in [6, 6.07) is 8.83. The van der Waals surface area contributed by atoms with Crippen LogP contribution in [0.2, 0.25) is 0 Å². The van der Waals surface area contributed by atoms with E-state index < -0.39 is 58.3 Å². The van der Waals surface area contributed by atoms with Crippen LogP contribution in [0.15, 0.2) is 54.7 Å². The Morgan fingerprint density at radius 3 is 2.33 bits per heavy atom. The standard InChI is InChI=1S/C27H24F3N5O5/c1-34(26(39)35-13-17(36)14-35)23-10-18(6-9-31-23)40-22-12-19(29)21(11-20(22)30)33-25(38)27(7-8-27)24(37)32-16-4-2-15(28)3-5-16/h2-6,9-12,17,36H,7-8,13-14H2,1H3,(H,32,37)(H,33,38). The summed E-state index contributed by atoms with van der Waals surface area (Å²) < 4.78 is 48.4. The van der Waals surface area contributed by atoms with Crippen LogP contribution in [0.5, 0.6) is 11.5 Å². The highest BCUT2D eigenvalue weighted by Crippen LogP contribution is 2.47. The number of nitrogens with one attached hydrogen (secondary N) is 2. The van der Waals surface area contributed by atoms with Crippen molar-refractivity contribution >= 4 is 35.0 Å². The first kappa shape index (κ1) is 26.9. The third-order valence-corrected chi connectivity index (χ3v) is 6.70. The maximum absolute atomic E-state index is 14.9. The molecule has 3 N–H and O–H groups in total. The second kappa shape index (κ2) is 10.5. The number of carbonyl (C=O) groups is 3. The van der Waals surface area contributed by atoms with Crippen molar-refractivity contribution in [2.75, 3.05) is 35.7 Å². The highest BCUT2D eigenvalue weighted by atomic mass is 19.1. The number of likely N-dealkylation sites (tertiary alicyclic amines) is 1. The van der Waals surface area contributed by atoms with Gasteiger partial charge < -0.3 is 25.4 Å². The first-order valence-electron chi connectivity index (χ1n) is 12.3. The van der Waals surface area contributed by atoms with E-state index in [1.807, 2.05) is 0 Å². The molecule has 0 unspecified atom stereocenters. The van der Waals surface area contributed by atoms with Crippen LogP contribution >= 0.6 is 0 Å². The maximum atomic E-state index is 14.9. The van der Waals surface area contributed by atoms with Crippen LogP contribution in [0.4, 0.5) is 35.2 Å². The van der Waals surface area contributed by atoms with Crippen molar-refractivity contribution in [2.24, 2.45) is 5.41 Å². The number of aliphatic hydroxyl groups excluding tert-OH is 1. The molecule has 1 saturated carbocycles. The molecule has 3 aromatic rings. The number of nitrogens with zero attached hydrogens (tertiary/aromatic N) is 3. The van der Waals surface area contributed by atoms with Gasteiger partial charge in [0.2, 0.25) is 11.8 Å². The molecule has 1 aliphatic carbocycles. The van der Waals surface area contributed by atoms with Gasteiger partial charge in [0.15, 0.2) is 17.4 Å². The third kappa shape index (κ3) is 5.41. The van der Waals surface area contributed by atoms with Gasteiger partial charge in [0.05, 0.1) is 24.9 Å². The van der Waals surface area contributed by atoms with Gasteiger partial charge in [-0.05, 0) is 43.2 Å². The summed E-state index contributed by atoms with van der Waals surface area (Å²) in [6.45, 7) is 0.402. The number of aliphatic hydroxyl groups is 1. The number of anilines is 3. The average Bonchev–Trinajstić information content (AvgIpc) is 3.73. The average molecular weight is 556 g/mol. The monoisotopic (exact) mass is 555 g/mol. The molecular formula is C27H24F3N5O5. The van der Waals surface area contributed by atoms with E-state index in [0.29, 0.717) is 5.69 Å². The molecule has 5 rings (SSSR count). The summed E-state index contributed by atoms with van der Waals surface area (Å²) >= 11 is 0. The molecule has 2 heterocycles. The van der Waals surface area contributed by atoms with Gasteiger partial charge in [-0.25, -0.2) is 22.9 Å². The van der Waals surface area contributed by atoms with Crippen molar-refractivity contribution in [3.8, 4) is 11.5 Å². The van der Waals surface area contributed by atoms with Gasteiger partial charge in [-0.3, -0.25) is 14.5 Å². The minimum atomic E-state index is -1.46. The Balaban J connectivity index is 1.25. The second-order valence-corrected chi connectivity index (χ2v) is 9.61. The fourth-order valence-corrected chi connectivity index (χ4v) is 4.11. The maximum Gasteiger partial charge on any atom is 0.325 e. The lowest BCUT2D eigenvalue weighted by atomic mass is 10.0. The van der Waals surface area contributed by atoms with Gasteiger partial charge in [0.25, 0.3) is 0 Å². The Morgan fingerprint density at radius 2 is 1.68 bits per heavy atom. The lowest BCUT2D eigenvalue weighted by Gasteiger charge is -2.38. The molecule has 2 aliphatic rings. The van der Waals surface area contributed by atoms with Crippen LogP contribution in [0.25, 0.3) is 0 Å². The molecule has 208 valence electrons. The van der Waals surface area contributed by atoms with Crippen LogP contribution in [-0.2, 0) is 9.59 Å². The van der Waals surface area contributed by atoms with Crippen molar-refractivity contribution in [1.29, 1.82) is 0 Å². The normalized spacial score (nSPS) is 15.6. The minimum absolute atomic E-state index is 0.0674. The molecule has 1 aromatic heterocycles. The topological polar surface area (TPSA) is 124 Å². The summed E-state index contributed by atoms with van der Waals surface area (Å²) in [5.74, 6) is -4.16. The molecule has 0 bridgehead atoms. The summed E-state index contributed by atoms with van der Waals surface area (Å²) in [7, 11) is 1.48. The van der Waals surface area contributed by atoms with Crippen molar-refractivity contribution in [1.82, 2.24) is 9.88 Å². The Bertz CT molecular complexity index is 1480. The summed E-state index contributed by atoms with van der Waals surface area (Å²) in [5, 5.41) is 14.2. The number of aromatic nitrogens is 1. The quantitative estimate of drug-likeness (QED) is 0.380. The van der Waals surface area contributed by atoms with E-state index in [-0.39, 0.29) is 37.5 Å². The molecule has 1 saturated heterocycles. The number of amides is 4. The summed E-state index contributed by atoms with van der Waals surface area (Å²) in [5.41, 5.74) is -1.65. The van der Waals surface area contributed by atoms with Gasteiger partial charge in [0, 0.05) is 37.1 Å². The zero-order valence-electron chi connectivity index (χ0n) is 21.2. The third-order valence-electron chi connectivity index (χ3n) is 6.70. The number of β-amino-alcohol motifs (C(OH)–C–C–N with tert-alkyl or cyclic N) is 1. The van der Waals surface area contributed by atoms with Crippen LogP contribution in [-0.4, -0.2) is 59.1 Å². The molecule has 0 spiro atoms. The summed E-state index contributed by atoms with van der Waals surface area (Å²) in [6.07, 6.45) is 1.17. The SMILES string of the molecule is CN(C(=O)N1CC(O)C1)c1cc(Oc2cc(F)c(NC(=O)C3(C(=O)Nc4ccc(F)cc4)CC3)cc2F)ccn1. The van der Waals surface area contributed by atoms with E-state index in [2.05, 4.69) is 15.6 Å². The second-order valence-electron chi connectivity index (χ2n) is 9.61. The van der Waals surface area contributed by atoms with Crippen molar-refractivity contribution in [2.45, 2.75) is 18.9 Å². The van der Waals surface area contributed by atoms with Crippen molar-refractivity contribution in [3.05, 3.63) is 72.2 Å². The number of hydrogen-bond donors (Lipinski definition) is 3. The van der Waals surface area contributed by atoms with E-state index in [1.54, 1.807) is 0 Å². The number of benzene rings is 2. The van der Waals surface area contributed by atoms with E-state index in [0.717, 1.165) is 24.3 Å². The molecule has 40 heavy (non-hydrogen) atoms. The highest BCUT2D eigenvalue weighted by Gasteiger charge is 2.56. The fraction of sp³-hybridized carbons (Fsp3) is 0.259. The van der Waals surface area contributed by atoms with Gasteiger partial charge in [-0.15, -0.1) is 0 Å². The predicted octanol–water partition coefficient (Wildman–Crippen LogP) is 3.88. The first-order chi connectivity index (χ1) is 19.1. The Morgan fingerprint density at radius 1 is 1.00 bits per heavy atom. The number of ether oxygens (including phenoxy) is 1. The zero-order valence-corrected chi connectivity index (χ0v) is 21.2. The number of urea groups is 1. The molecule has 10 nitrogen and oxygen atoms in total. The molecule has 13 heteroatoms. The van der Waals surface area contributed by atoms with E-state index in [9.17, 15) is 32.7 Å². The molecule has 0 radical (unpaired) electrons. The van der Waals surface area contributed by atoms with Crippen molar-refractivity contribution in [3.63, 3.8) is 0 Å². The smallest absolute Gasteiger partial charge is 0.325 e. The van der Waals surface area contributed by atoms with Gasteiger partial charge in [-0.2, -0.15) is 0 Å². The number of halogens is 3. The number of hydrogen-bond acceptors (Lipinski definition) is 6. The molecule has 2 fully saturated rings. The molecule has 0 atom stereocenters. The number of rotatable bonds is 7. The van der Waals surface area contributed by atoms with Crippen LogP contribution in [0, 0.1) is 22.9 Å². The zero-order chi connectivity index (χ0) is 28.6. The first-order valence-corrected chi connectivity index (χ1v) is 12.3. The fourth-order valence-electron chi connectivity index (χ4n) is 4.11. The highest BCUT2D eigenvalue weighted by molar-refractivity contribution is 6.17. The Hall–Kier alpha value is -4.65. The van der Waals surface area contributed by atoms with Gasteiger partial charge in [0.1, 0.15) is 22.8 Å². The van der Waals surface area contributed by atoms with E-state index in [4.69, 9.17) is 4.74 Å². The van der Waals surface area contributed by atoms with Gasteiger partial charge >= 0.3 is 6.03 Å². The molecule has 4 amide bonds. The number of carbonyl (C=O) groups excluding carboxylic acids is 3. The molecule has 1 aliphatic heterocycles. The minimum Gasteiger partial charge on any atom is -0.454 e. The van der Waals surface area contributed by atoms with Crippen LogP contribution < -0.4 is 20.3 Å². The summed E-state index contributed by atoms with van der Waals surface area (Å²) in [4.78, 5) is 44.8. The lowest BCUT2D eigenvalue weighted by Crippen LogP contribution is -2.57. The molecule has 2 aromatic carbocycles.